The third kappa shape index (κ3) is 3.69. The predicted molar refractivity (Wildman–Crippen MR) is 109 cm³/mol. The molecule has 0 radical (unpaired) electrons. The molecule has 1 atom stereocenters. The Kier molecular flexibility index (Phi) is 5.24. The molecule has 1 N–H and O–H groups in total. The first-order valence-electron chi connectivity index (χ1n) is 9.56. The second-order valence-electron chi connectivity index (χ2n) is 6.81. The number of carbonyl (C=O) groups excluding carboxylic acids is 1. The molecule has 0 aliphatic rings. The number of carbonyl (C=O) groups is 1. The molecule has 2 aromatic heterocycles. The molecular formula is C23H23N3O2. The predicted octanol–water partition coefficient (Wildman–Crippen LogP) is 4.60. The zero-order chi connectivity index (χ0) is 19.3. The van der Waals surface area contributed by atoms with Gasteiger partial charge in [-0.3, -0.25) is 4.79 Å². The number of para-hydroxylation sites is 2. The van der Waals surface area contributed by atoms with E-state index in [1.54, 1.807) is 12.1 Å². The van der Waals surface area contributed by atoms with Crippen LogP contribution in [0, 0.1) is 0 Å². The summed E-state index contributed by atoms with van der Waals surface area (Å²) < 4.78 is 7.43. The molecule has 0 bridgehead atoms. The first-order chi connectivity index (χ1) is 13.7. The van der Waals surface area contributed by atoms with E-state index in [1.165, 1.54) is 11.8 Å². The minimum Gasteiger partial charge on any atom is -0.459 e. The quantitative estimate of drug-likeness (QED) is 0.482. The largest absolute Gasteiger partial charge is 0.459 e. The molecule has 5 heteroatoms. The van der Waals surface area contributed by atoms with E-state index < -0.39 is 0 Å². The van der Waals surface area contributed by atoms with Crippen molar-refractivity contribution < 1.29 is 9.21 Å². The molecular weight excluding hydrogens is 350 g/mol. The normalized spacial score (nSPS) is 12.2. The van der Waals surface area contributed by atoms with Crippen molar-refractivity contribution in [3.63, 3.8) is 0 Å². The molecule has 28 heavy (non-hydrogen) atoms. The molecule has 0 saturated carbocycles. The van der Waals surface area contributed by atoms with E-state index in [9.17, 15) is 4.79 Å². The highest BCUT2D eigenvalue weighted by molar-refractivity contribution is 5.91. The number of nitrogens with one attached hydrogen (secondary N) is 1. The van der Waals surface area contributed by atoms with E-state index in [2.05, 4.69) is 47.1 Å². The monoisotopic (exact) mass is 373 g/mol. The van der Waals surface area contributed by atoms with Crippen molar-refractivity contribution in [1.29, 1.82) is 0 Å². The number of hydrogen-bond acceptors (Lipinski definition) is 3. The summed E-state index contributed by atoms with van der Waals surface area (Å²) in [7, 11) is 0. The molecule has 0 unspecified atom stereocenters. The summed E-state index contributed by atoms with van der Waals surface area (Å²) in [5, 5.41) is 2.90. The molecule has 2 aromatic carbocycles. The van der Waals surface area contributed by atoms with Gasteiger partial charge in [-0.25, -0.2) is 4.98 Å². The summed E-state index contributed by atoms with van der Waals surface area (Å²) in [6.45, 7) is 2.77. The van der Waals surface area contributed by atoms with E-state index in [0.717, 1.165) is 29.7 Å². The van der Waals surface area contributed by atoms with Crippen LogP contribution in [0.25, 0.3) is 11.0 Å². The van der Waals surface area contributed by atoms with Crippen LogP contribution >= 0.6 is 0 Å². The Labute approximate surface area is 164 Å². The number of aryl methyl sites for hydroxylation is 1. The summed E-state index contributed by atoms with van der Waals surface area (Å²) in [4.78, 5) is 16.9. The summed E-state index contributed by atoms with van der Waals surface area (Å²) in [6.07, 6.45) is 3.09. The van der Waals surface area contributed by atoms with Crippen molar-refractivity contribution in [2.45, 2.75) is 25.8 Å². The van der Waals surface area contributed by atoms with Gasteiger partial charge in [-0.2, -0.15) is 0 Å². The summed E-state index contributed by atoms with van der Waals surface area (Å²) in [5.74, 6) is 1.19. The van der Waals surface area contributed by atoms with Gasteiger partial charge in [0.1, 0.15) is 5.82 Å². The van der Waals surface area contributed by atoms with Crippen LogP contribution in [0.1, 0.15) is 41.3 Å². The zero-order valence-corrected chi connectivity index (χ0v) is 15.8. The topological polar surface area (TPSA) is 60.1 Å². The third-order valence-electron chi connectivity index (χ3n) is 4.95. The fourth-order valence-corrected chi connectivity index (χ4v) is 3.53. The molecule has 4 rings (SSSR count). The van der Waals surface area contributed by atoms with Crippen molar-refractivity contribution in [2.75, 3.05) is 6.54 Å². The Morgan fingerprint density at radius 2 is 1.86 bits per heavy atom. The highest BCUT2D eigenvalue weighted by Crippen LogP contribution is 2.26. The maximum atomic E-state index is 12.0. The minimum atomic E-state index is -0.184. The number of hydrogen-bond donors (Lipinski definition) is 1. The molecule has 0 aliphatic carbocycles. The SMILES string of the molecule is C[C@@H](c1ccccc1)n1c(CCCNC(=O)c2ccco2)nc2ccccc21. The second-order valence-corrected chi connectivity index (χ2v) is 6.81. The highest BCUT2D eigenvalue weighted by atomic mass is 16.3. The van der Waals surface area contributed by atoms with Crippen molar-refractivity contribution in [1.82, 2.24) is 14.9 Å². The summed E-state index contributed by atoms with van der Waals surface area (Å²) >= 11 is 0. The lowest BCUT2D eigenvalue weighted by atomic mass is 10.1. The highest BCUT2D eigenvalue weighted by Gasteiger charge is 2.17. The van der Waals surface area contributed by atoms with E-state index in [1.807, 2.05) is 24.3 Å². The first kappa shape index (κ1) is 18.0. The van der Waals surface area contributed by atoms with Gasteiger partial charge < -0.3 is 14.3 Å². The molecule has 5 nitrogen and oxygen atoms in total. The molecule has 0 saturated heterocycles. The molecule has 0 fully saturated rings. The van der Waals surface area contributed by atoms with Gasteiger partial charge in [-0.1, -0.05) is 42.5 Å². The van der Waals surface area contributed by atoms with Gasteiger partial charge in [-0.15, -0.1) is 0 Å². The van der Waals surface area contributed by atoms with Crippen LogP contribution in [-0.4, -0.2) is 22.0 Å². The smallest absolute Gasteiger partial charge is 0.286 e. The Bertz CT molecular complexity index is 1050. The van der Waals surface area contributed by atoms with E-state index in [-0.39, 0.29) is 11.9 Å². The van der Waals surface area contributed by atoms with E-state index >= 15 is 0 Å². The third-order valence-corrected chi connectivity index (χ3v) is 4.95. The van der Waals surface area contributed by atoms with Gasteiger partial charge in [0.25, 0.3) is 5.91 Å². The van der Waals surface area contributed by atoms with Crippen LogP contribution in [-0.2, 0) is 6.42 Å². The van der Waals surface area contributed by atoms with Gasteiger partial charge in [0, 0.05) is 13.0 Å². The first-order valence-corrected chi connectivity index (χ1v) is 9.56. The van der Waals surface area contributed by atoms with Crippen LogP contribution < -0.4 is 5.32 Å². The second kappa shape index (κ2) is 8.13. The summed E-state index contributed by atoms with van der Waals surface area (Å²) in [6, 6.07) is 22.2. The number of benzene rings is 2. The minimum absolute atomic E-state index is 0.182. The lowest BCUT2D eigenvalue weighted by molar-refractivity contribution is 0.0925. The number of rotatable bonds is 7. The Morgan fingerprint density at radius 3 is 2.64 bits per heavy atom. The van der Waals surface area contributed by atoms with Crippen LogP contribution in [0.15, 0.2) is 77.4 Å². The number of fused-ring (bicyclic) bond motifs is 1. The van der Waals surface area contributed by atoms with Gasteiger partial charge in [0.15, 0.2) is 5.76 Å². The van der Waals surface area contributed by atoms with Gasteiger partial charge in [0.05, 0.1) is 23.3 Å². The maximum absolute atomic E-state index is 12.0. The fraction of sp³-hybridized carbons (Fsp3) is 0.217. The molecule has 4 aromatic rings. The van der Waals surface area contributed by atoms with Crippen molar-refractivity contribution in [2.24, 2.45) is 0 Å². The Morgan fingerprint density at radius 1 is 1.07 bits per heavy atom. The van der Waals surface area contributed by atoms with Crippen LogP contribution in [0.3, 0.4) is 0 Å². The van der Waals surface area contributed by atoms with Gasteiger partial charge in [-0.05, 0) is 43.2 Å². The average Bonchev–Trinajstić information content (AvgIpc) is 3.39. The fourth-order valence-electron chi connectivity index (χ4n) is 3.53. The molecule has 2 heterocycles. The van der Waals surface area contributed by atoms with Gasteiger partial charge in [0.2, 0.25) is 0 Å². The number of furan rings is 1. The number of imidazole rings is 1. The number of nitrogens with zero attached hydrogens (tertiary/aromatic N) is 2. The molecule has 142 valence electrons. The number of aromatic nitrogens is 2. The Balaban J connectivity index is 1.51. The molecule has 1 amide bonds. The number of amides is 1. The van der Waals surface area contributed by atoms with Crippen LogP contribution in [0.4, 0.5) is 0 Å². The van der Waals surface area contributed by atoms with Crippen molar-refractivity contribution in [3.8, 4) is 0 Å². The van der Waals surface area contributed by atoms with E-state index in [4.69, 9.17) is 9.40 Å². The Hall–Kier alpha value is -3.34. The summed E-state index contributed by atoms with van der Waals surface area (Å²) in [5.41, 5.74) is 3.38. The van der Waals surface area contributed by atoms with Crippen LogP contribution in [0.5, 0.6) is 0 Å². The average molecular weight is 373 g/mol. The van der Waals surface area contributed by atoms with E-state index in [0.29, 0.717) is 12.3 Å². The van der Waals surface area contributed by atoms with Crippen LogP contribution in [0.2, 0.25) is 0 Å². The molecule has 0 spiro atoms. The zero-order valence-electron chi connectivity index (χ0n) is 15.8. The lowest BCUT2D eigenvalue weighted by Gasteiger charge is -2.18. The van der Waals surface area contributed by atoms with Gasteiger partial charge >= 0.3 is 0 Å². The molecule has 0 aliphatic heterocycles. The van der Waals surface area contributed by atoms with Crippen molar-refractivity contribution >= 4 is 16.9 Å². The lowest BCUT2D eigenvalue weighted by Crippen LogP contribution is -2.24. The van der Waals surface area contributed by atoms with Crippen molar-refractivity contribution in [3.05, 3.63) is 90.1 Å². The standard InChI is InChI=1S/C23H23N3O2/c1-17(18-9-3-2-4-10-18)26-20-12-6-5-11-19(20)25-22(26)14-7-15-24-23(27)21-13-8-16-28-21/h2-6,8-13,16-17H,7,14-15H2,1H3,(H,24,27)/t17-/m0/s1. The maximum Gasteiger partial charge on any atom is 0.286 e.